The van der Waals surface area contributed by atoms with Gasteiger partial charge in [-0.15, -0.1) is 0 Å². The van der Waals surface area contributed by atoms with Crippen LogP contribution in [-0.2, 0) is 34.9 Å². The lowest BCUT2D eigenvalue weighted by Crippen LogP contribution is -2.39. The molecule has 2 aromatic heterocycles. The fraction of sp³-hybridized carbons (Fsp3) is 0.438. The van der Waals surface area contributed by atoms with Gasteiger partial charge in [0.2, 0.25) is 0 Å². The van der Waals surface area contributed by atoms with Gasteiger partial charge >= 0.3 is 0 Å². The third kappa shape index (κ3) is 5.20. The second-order valence-electron chi connectivity index (χ2n) is 10.4. The van der Waals surface area contributed by atoms with Gasteiger partial charge in [0.25, 0.3) is 0 Å². The summed E-state index contributed by atoms with van der Waals surface area (Å²) in [6.45, 7) is 8.88. The number of anilines is 1. The van der Waals surface area contributed by atoms with Crippen LogP contribution in [0.5, 0.6) is 0 Å². The molecule has 1 saturated carbocycles. The molecular formula is C32H40N4O2. The van der Waals surface area contributed by atoms with Gasteiger partial charge in [0, 0.05) is 32.5 Å². The maximum Gasteiger partial charge on any atom is 0.157 e. The maximum atomic E-state index is 6.37. The minimum atomic E-state index is -0.418. The minimum absolute atomic E-state index is 0.418. The van der Waals surface area contributed by atoms with E-state index >= 15 is 0 Å². The van der Waals surface area contributed by atoms with Gasteiger partial charge in [0.1, 0.15) is 23.7 Å². The molecule has 5 rings (SSSR count). The van der Waals surface area contributed by atoms with Crippen molar-refractivity contribution < 1.29 is 9.47 Å². The van der Waals surface area contributed by atoms with Crippen molar-refractivity contribution in [3.8, 4) is 0 Å². The Kier molecular flexibility index (Phi) is 8.10. The quantitative estimate of drug-likeness (QED) is 0.228. The summed E-state index contributed by atoms with van der Waals surface area (Å²) in [6.07, 6.45) is 5.48. The topological polar surface area (TPSA) is 52.4 Å². The molecule has 0 amide bonds. The molecule has 4 aromatic rings. The first-order valence-electron chi connectivity index (χ1n) is 13.9. The van der Waals surface area contributed by atoms with Crippen LogP contribution in [-0.4, -0.2) is 28.3 Å². The predicted octanol–water partition coefficient (Wildman–Crippen LogP) is 7.05. The van der Waals surface area contributed by atoms with Crippen LogP contribution in [0.15, 0.2) is 60.7 Å². The molecule has 0 atom stereocenters. The number of nitrogens with zero attached hydrogens (tertiary/aromatic N) is 4. The Morgan fingerprint density at radius 2 is 1.47 bits per heavy atom. The van der Waals surface area contributed by atoms with Crippen molar-refractivity contribution >= 4 is 16.9 Å². The van der Waals surface area contributed by atoms with E-state index in [1.807, 2.05) is 14.0 Å². The van der Waals surface area contributed by atoms with E-state index in [0.717, 1.165) is 72.7 Å². The Morgan fingerprint density at radius 1 is 0.868 bits per heavy atom. The average Bonchev–Trinajstić information content (AvgIpc) is 3.35. The first-order valence-corrected chi connectivity index (χ1v) is 13.9. The summed E-state index contributed by atoms with van der Waals surface area (Å²) in [6, 6.07) is 21.2. The van der Waals surface area contributed by atoms with Crippen molar-refractivity contribution in [1.29, 1.82) is 0 Å². The molecule has 2 heterocycles. The Labute approximate surface area is 226 Å². The van der Waals surface area contributed by atoms with Crippen molar-refractivity contribution in [2.75, 3.05) is 18.6 Å². The molecule has 0 N–H and O–H groups in total. The van der Waals surface area contributed by atoms with Crippen molar-refractivity contribution in [2.24, 2.45) is 0 Å². The Balaban J connectivity index is 1.72. The molecular weight excluding hydrogens is 472 g/mol. The molecule has 38 heavy (non-hydrogen) atoms. The number of ether oxygens (including phenoxy) is 2. The summed E-state index contributed by atoms with van der Waals surface area (Å²) in [5, 5.41) is 0. The van der Waals surface area contributed by atoms with Crippen molar-refractivity contribution in [1.82, 2.24) is 14.5 Å². The van der Waals surface area contributed by atoms with Crippen LogP contribution >= 0.6 is 0 Å². The van der Waals surface area contributed by atoms with Gasteiger partial charge in [-0.3, -0.25) is 4.57 Å². The third-order valence-electron chi connectivity index (χ3n) is 7.92. The summed E-state index contributed by atoms with van der Waals surface area (Å²) < 4.78 is 14.7. The van der Waals surface area contributed by atoms with Crippen LogP contribution in [0, 0.1) is 13.8 Å². The zero-order valence-electron chi connectivity index (χ0n) is 23.2. The van der Waals surface area contributed by atoms with E-state index < -0.39 is 5.72 Å². The van der Waals surface area contributed by atoms with E-state index in [1.165, 1.54) is 17.5 Å². The molecule has 0 spiro atoms. The molecule has 1 aliphatic rings. The fourth-order valence-electron chi connectivity index (χ4n) is 5.82. The maximum absolute atomic E-state index is 6.37. The Morgan fingerprint density at radius 3 is 2.03 bits per heavy atom. The molecule has 1 aliphatic carbocycles. The first kappa shape index (κ1) is 26.4. The van der Waals surface area contributed by atoms with Gasteiger partial charge < -0.3 is 14.4 Å². The highest BCUT2D eigenvalue weighted by molar-refractivity contribution is 5.90. The number of hydrogen-bond donors (Lipinski definition) is 0. The number of benzene rings is 2. The van der Waals surface area contributed by atoms with E-state index in [1.54, 1.807) is 0 Å². The van der Waals surface area contributed by atoms with Crippen molar-refractivity contribution in [3.63, 3.8) is 0 Å². The predicted molar refractivity (Wildman–Crippen MR) is 153 cm³/mol. The van der Waals surface area contributed by atoms with Crippen LogP contribution < -0.4 is 4.90 Å². The van der Waals surface area contributed by atoms with Crippen LogP contribution in [0.3, 0.4) is 0 Å². The molecule has 2 aromatic carbocycles. The highest BCUT2D eigenvalue weighted by atomic mass is 16.5. The monoisotopic (exact) mass is 512 g/mol. The molecule has 0 aliphatic heterocycles. The lowest BCUT2D eigenvalue weighted by Gasteiger charge is -2.39. The van der Waals surface area contributed by atoms with Gasteiger partial charge in [-0.2, -0.15) is 0 Å². The van der Waals surface area contributed by atoms with Crippen LogP contribution in [0.1, 0.15) is 67.2 Å². The third-order valence-corrected chi connectivity index (χ3v) is 7.92. The zero-order chi connectivity index (χ0) is 26.5. The zero-order valence-corrected chi connectivity index (χ0v) is 23.2. The first-order chi connectivity index (χ1) is 18.6. The summed E-state index contributed by atoms with van der Waals surface area (Å²) in [7, 11) is 1.85. The number of pyridine rings is 1. The van der Waals surface area contributed by atoms with E-state index in [-0.39, 0.29) is 0 Å². The van der Waals surface area contributed by atoms with Crippen LogP contribution in [0.2, 0.25) is 0 Å². The average molecular weight is 513 g/mol. The smallest absolute Gasteiger partial charge is 0.157 e. The SMILES string of the molecule is CCOCc1nc2c(N(Cc3ccccc3)Cc3ccccc3)nc(C)c(C)c2n1C1(OC)CCCCC1. The minimum Gasteiger partial charge on any atom is -0.374 e. The number of rotatable bonds is 10. The molecule has 6 heteroatoms. The standard InChI is InChI=1S/C32H40N4O2/c1-5-38-23-28-34-29-30(36(28)32(37-4)19-13-8-14-20-32)24(2)25(3)33-31(29)35(21-26-15-9-6-10-16-26)22-27-17-11-7-12-18-27/h6-7,9-12,15-18H,5,8,13-14,19-23H2,1-4H3. The number of aromatic nitrogens is 3. The molecule has 0 radical (unpaired) electrons. The molecule has 0 unspecified atom stereocenters. The van der Waals surface area contributed by atoms with Crippen molar-refractivity contribution in [2.45, 2.75) is 78.3 Å². The Hall–Kier alpha value is -3.22. The van der Waals surface area contributed by atoms with E-state index in [2.05, 4.69) is 84.0 Å². The highest BCUT2D eigenvalue weighted by Crippen LogP contribution is 2.42. The number of aryl methyl sites for hydroxylation is 2. The number of imidazole rings is 1. The summed E-state index contributed by atoms with van der Waals surface area (Å²) in [5.41, 5.74) is 6.29. The lowest BCUT2D eigenvalue weighted by atomic mass is 9.90. The van der Waals surface area contributed by atoms with Gasteiger partial charge in [0.05, 0.1) is 5.52 Å². The summed E-state index contributed by atoms with van der Waals surface area (Å²) in [5.74, 6) is 1.83. The summed E-state index contributed by atoms with van der Waals surface area (Å²) in [4.78, 5) is 12.8. The molecule has 1 fully saturated rings. The molecule has 0 bridgehead atoms. The van der Waals surface area contributed by atoms with Gasteiger partial charge in [-0.1, -0.05) is 67.1 Å². The number of fused-ring (bicyclic) bond motifs is 1. The van der Waals surface area contributed by atoms with E-state index in [4.69, 9.17) is 19.4 Å². The number of methoxy groups -OCH3 is 1. The largest absolute Gasteiger partial charge is 0.374 e. The fourth-order valence-corrected chi connectivity index (χ4v) is 5.82. The van der Waals surface area contributed by atoms with Gasteiger partial charge in [0.15, 0.2) is 5.82 Å². The number of hydrogen-bond acceptors (Lipinski definition) is 5. The van der Waals surface area contributed by atoms with Gasteiger partial charge in [-0.05, 0) is 63.1 Å². The second-order valence-corrected chi connectivity index (χ2v) is 10.4. The molecule has 200 valence electrons. The Bertz CT molecular complexity index is 1300. The normalized spacial score (nSPS) is 15.2. The second kappa shape index (κ2) is 11.7. The van der Waals surface area contributed by atoms with E-state index in [0.29, 0.717) is 13.2 Å². The van der Waals surface area contributed by atoms with Crippen LogP contribution in [0.4, 0.5) is 5.82 Å². The van der Waals surface area contributed by atoms with Crippen LogP contribution in [0.25, 0.3) is 11.0 Å². The summed E-state index contributed by atoms with van der Waals surface area (Å²) >= 11 is 0. The van der Waals surface area contributed by atoms with E-state index in [9.17, 15) is 0 Å². The van der Waals surface area contributed by atoms with Gasteiger partial charge in [-0.25, -0.2) is 9.97 Å². The van der Waals surface area contributed by atoms with Crippen molar-refractivity contribution in [3.05, 3.63) is 88.9 Å². The lowest BCUT2D eigenvalue weighted by molar-refractivity contribution is -0.106. The highest BCUT2D eigenvalue weighted by Gasteiger charge is 2.38. The molecule has 0 saturated heterocycles. The molecule has 6 nitrogen and oxygen atoms in total.